The zero-order valence-electron chi connectivity index (χ0n) is 6.90. The van der Waals surface area contributed by atoms with Crippen LogP contribution in [0.1, 0.15) is 0 Å². The molecule has 13 heavy (non-hydrogen) atoms. The van der Waals surface area contributed by atoms with Crippen LogP contribution in [0.5, 0.6) is 0 Å². The molecule has 0 bridgehead atoms. The van der Waals surface area contributed by atoms with E-state index in [2.05, 4.69) is 49.2 Å². The number of hydrogen-bond donors (Lipinski definition) is 2. The van der Waals surface area contributed by atoms with Gasteiger partial charge in [-0.1, -0.05) is 0 Å². The fourth-order valence-electron chi connectivity index (χ4n) is 0.778. The monoisotopic (exact) mass is 354 g/mol. The molecular weight excluding hydrogens is 347 g/mol. The summed E-state index contributed by atoms with van der Waals surface area (Å²) in [6, 6.07) is 5.52. The minimum Gasteiger partial charge on any atom is -0.341 e. The number of benzene rings is 1. The van der Waals surface area contributed by atoms with Crippen molar-refractivity contribution >= 4 is 50.2 Å². The van der Waals surface area contributed by atoms with Crippen molar-refractivity contribution in [2.45, 2.75) is 0 Å². The lowest BCUT2D eigenvalue weighted by Gasteiger charge is -2.06. The lowest BCUT2D eigenvalue weighted by Crippen LogP contribution is -2.24. The zero-order chi connectivity index (χ0) is 9.84. The summed E-state index contributed by atoms with van der Waals surface area (Å²) in [5, 5.41) is 5.19. The zero-order valence-corrected chi connectivity index (χ0v) is 10.6. The van der Waals surface area contributed by atoms with E-state index in [4.69, 9.17) is 0 Å². The van der Waals surface area contributed by atoms with E-state index in [9.17, 15) is 4.79 Å². The van der Waals surface area contributed by atoms with E-state index in [1.807, 2.05) is 18.2 Å². The summed E-state index contributed by atoms with van der Waals surface area (Å²) in [7, 11) is 1.58. The van der Waals surface area contributed by atoms with Crippen LogP contribution in [-0.4, -0.2) is 13.1 Å². The first-order valence-electron chi connectivity index (χ1n) is 3.57. The van der Waals surface area contributed by atoms with E-state index in [-0.39, 0.29) is 6.03 Å². The Kier molecular flexibility index (Phi) is 3.98. The Bertz CT molecular complexity index is 330. The van der Waals surface area contributed by atoms with Gasteiger partial charge < -0.3 is 10.6 Å². The topological polar surface area (TPSA) is 41.1 Å². The molecule has 0 spiro atoms. The lowest BCUT2D eigenvalue weighted by molar-refractivity contribution is 0.254. The summed E-state index contributed by atoms with van der Waals surface area (Å²) in [4.78, 5) is 11.0. The maximum Gasteiger partial charge on any atom is 0.319 e. The van der Waals surface area contributed by atoms with Crippen molar-refractivity contribution in [2.75, 3.05) is 12.4 Å². The number of anilines is 1. The molecule has 3 nitrogen and oxygen atoms in total. The molecule has 0 radical (unpaired) electrons. The molecule has 1 aromatic carbocycles. The van der Waals surface area contributed by atoms with Crippen molar-refractivity contribution in [1.82, 2.24) is 5.32 Å². The lowest BCUT2D eigenvalue weighted by atomic mass is 10.3. The van der Waals surface area contributed by atoms with Crippen LogP contribution in [0, 0.1) is 3.57 Å². The number of urea groups is 1. The first-order chi connectivity index (χ1) is 6.13. The number of halogens is 2. The molecule has 5 heteroatoms. The third-order valence-corrected chi connectivity index (χ3v) is 2.77. The van der Waals surface area contributed by atoms with Crippen molar-refractivity contribution in [3.8, 4) is 0 Å². The van der Waals surface area contributed by atoms with Gasteiger partial charge in [0.1, 0.15) is 0 Å². The number of rotatable bonds is 1. The van der Waals surface area contributed by atoms with Gasteiger partial charge in [-0.2, -0.15) is 0 Å². The van der Waals surface area contributed by atoms with Crippen molar-refractivity contribution < 1.29 is 4.79 Å². The first kappa shape index (κ1) is 10.8. The molecule has 0 saturated carbocycles. The largest absolute Gasteiger partial charge is 0.341 e. The van der Waals surface area contributed by atoms with Crippen LogP contribution in [0.2, 0.25) is 0 Å². The quantitative estimate of drug-likeness (QED) is 0.748. The minimum absolute atomic E-state index is 0.220. The van der Waals surface area contributed by atoms with E-state index >= 15 is 0 Å². The van der Waals surface area contributed by atoms with Crippen LogP contribution in [0.3, 0.4) is 0 Å². The molecule has 70 valence electrons. The molecule has 0 aliphatic carbocycles. The van der Waals surface area contributed by atoms with Crippen molar-refractivity contribution in [1.29, 1.82) is 0 Å². The number of nitrogens with one attached hydrogen (secondary N) is 2. The van der Waals surface area contributed by atoms with Gasteiger partial charge in [0.25, 0.3) is 0 Å². The Morgan fingerprint density at radius 3 is 2.85 bits per heavy atom. The molecule has 0 atom stereocenters. The van der Waals surface area contributed by atoms with E-state index in [1.54, 1.807) is 7.05 Å². The van der Waals surface area contributed by atoms with Crippen molar-refractivity contribution in [2.24, 2.45) is 0 Å². The second-order valence-electron chi connectivity index (χ2n) is 2.33. The Hall–Kier alpha value is -0.300. The van der Waals surface area contributed by atoms with Gasteiger partial charge in [0.2, 0.25) is 0 Å². The summed E-state index contributed by atoms with van der Waals surface area (Å²) in [5.74, 6) is 0. The molecule has 2 N–H and O–H groups in total. The van der Waals surface area contributed by atoms with Gasteiger partial charge in [-0.15, -0.1) is 0 Å². The van der Waals surface area contributed by atoms with Crippen LogP contribution < -0.4 is 10.6 Å². The fraction of sp³-hybridized carbons (Fsp3) is 0.125. The summed E-state index contributed by atoms with van der Waals surface area (Å²) < 4.78 is 1.95. The molecule has 0 fully saturated rings. The fourth-order valence-corrected chi connectivity index (χ4v) is 1.62. The number of carbonyl (C=O) groups is 1. The number of hydrogen-bond acceptors (Lipinski definition) is 1. The second-order valence-corrected chi connectivity index (χ2v) is 4.43. The van der Waals surface area contributed by atoms with Gasteiger partial charge >= 0.3 is 6.03 Å². The van der Waals surface area contributed by atoms with Gasteiger partial charge in [-0.25, -0.2) is 4.79 Å². The third-order valence-electron chi connectivity index (χ3n) is 1.40. The van der Waals surface area contributed by atoms with Crippen LogP contribution >= 0.6 is 38.5 Å². The predicted octanol–water partition coefficient (Wildman–Crippen LogP) is 2.81. The normalized spacial score (nSPS) is 9.46. The van der Waals surface area contributed by atoms with Gasteiger partial charge in [-0.3, -0.25) is 0 Å². The Morgan fingerprint density at radius 1 is 1.54 bits per heavy atom. The maximum atomic E-state index is 11.0. The highest BCUT2D eigenvalue weighted by atomic mass is 127. The van der Waals surface area contributed by atoms with E-state index in [0.717, 1.165) is 13.7 Å². The van der Waals surface area contributed by atoms with Gasteiger partial charge in [0.15, 0.2) is 0 Å². The Morgan fingerprint density at radius 2 is 2.23 bits per heavy atom. The highest BCUT2D eigenvalue weighted by Crippen LogP contribution is 2.24. The molecule has 0 saturated heterocycles. The van der Waals surface area contributed by atoms with Crippen molar-refractivity contribution in [3.63, 3.8) is 0 Å². The molecule has 0 unspecified atom stereocenters. The molecule has 0 heterocycles. The highest BCUT2D eigenvalue weighted by Gasteiger charge is 2.03. The van der Waals surface area contributed by atoms with Crippen LogP contribution in [0.25, 0.3) is 0 Å². The highest BCUT2D eigenvalue weighted by molar-refractivity contribution is 14.1. The average Bonchev–Trinajstić information content (AvgIpc) is 2.11. The molecule has 1 rings (SSSR count). The van der Waals surface area contributed by atoms with Crippen LogP contribution in [0.4, 0.5) is 10.5 Å². The molecular formula is C8H8BrIN2O. The summed E-state index contributed by atoms with van der Waals surface area (Å²) in [5.41, 5.74) is 0.770. The number of carbonyl (C=O) groups excluding carboxylic acids is 1. The SMILES string of the molecule is CNC(=O)Nc1cc(I)ccc1Br. The third kappa shape index (κ3) is 3.15. The molecule has 0 aliphatic heterocycles. The summed E-state index contributed by atoms with van der Waals surface area (Å²) in [6.45, 7) is 0. The van der Waals surface area contributed by atoms with Crippen LogP contribution in [0.15, 0.2) is 22.7 Å². The predicted molar refractivity (Wildman–Crippen MR) is 64.9 cm³/mol. The molecule has 1 aromatic rings. The van der Waals surface area contributed by atoms with E-state index < -0.39 is 0 Å². The Balaban J connectivity index is 2.87. The molecule has 0 aromatic heterocycles. The standard InChI is InChI=1S/C8H8BrIN2O/c1-11-8(13)12-7-4-5(10)2-3-6(7)9/h2-4H,1H3,(H2,11,12,13). The summed E-state index contributed by atoms with van der Waals surface area (Å²) in [6.07, 6.45) is 0. The molecule has 0 aliphatic rings. The van der Waals surface area contributed by atoms with E-state index in [0.29, 0.717) is 0 Å². The second kappa shape index (κ2) is 4.80. The van der Waals surface area contributed by atoms with Crippen molar-refractivity contribution in [3.05, 3.63) is 26.2 Å². The van der Waals surface area contributed by atoms with Gasteiger partial charge in [0, 0.05) is 15.1 Å². The summed E-state index contributed by atoms with van der Waals surface area (Å²) >= 11 is 5.53. The molecule has 2 amide bonds. The van der Waals surface area contributed by atoms with Gasteiger partial charge in [0.05, 0.1) is 5.69 Å². The average molecular weight is 355 g/mol. The Labute approximate surface area is 98.6 Å². The van der Waals surface area contributed by atoms with E-state index in [1.165, 1.54) is 0 Å². The maximum absolute atomic E-state index is 11.0. The number of amides is 2. The van der Waals surface area contributed by atoms with Gasteiger partial charge in [-0.05, 0) is 56.7 Å². The first-order valence-corrected chi connectivity index (χ1v) is 5.44. The minimum atomic E-state index is -0.220. The smallest absolute Gasteiger partial charge is 0.319 e. The van der Waals surface area contributed by atoms with Crippen LogP contribution in [-0.2, 0) is 0 Å².